The molecule has 3 aromatic rings. The van der Waals surface area contributed by atoms with Gasteiger partial charge < -0.3 is 14.6 Å². The van der Waals surface area contributed by atoms with Gasteiger partial charge in [0.2, 0.25) is 0 Å². The molecule has 28 heavy (non-hydrogen) atoms. The Morgan fingerprint density at radius 2 is 2.14 bits per heavy atom. The third-order valence-electron chi connectivity index (χ3n) is 5.27. The molecule has 0 saturated carbocycles. The number of carbonyl (C=O) groups is 1. The van der Waals surface area contributed by atoms with Crippen LogP contribution in [0.5, 0.6) is 0 Å². The zero-order valence-corrected chi connectivity index (χ0v) is 16.4. The zero-order valence-electron chi connectivity index (χ0n) is 16.4. The van der Waals surface area contributed by atoms with E-state index in [4.69, 9.17) is 4.74 Å². The molecule has 4 rings (SSSR count). The van der Waals surface area contributed by atoms with Gasteiger partial charge in [-0.1, -0.05) is 19.1 Å². The van der Waals surface area contributed by atoms with E-state index in [9.17, 15) is 4.79 Å². The number of aromatic nitrogens is 3. The highest BCUT2D eigenvalue weighted by atomic mass is 16.5. The second-order valence-corrected chi connectivity index (χ2v) is 7.36. The molecule has 1 aromatic carbocycles. The highest BCUT2D eigenvalue weighted by molar-refractivity contribution is 5.95. The summed E-state index contributed by atoms with van der Waals surface area (Å²) in [5.74, 6) is 0.0720. The fourth-order valence-corrected chi connectivity index (χ4v) is 3.81. The van der Waals surface area contributed by atoms with E-state index < -0.39 is 0 Å². The molecule has 0 spiro atoms. The highest BCUT2D eigenvalue weighted by Gasteiger charge is 2.23. The molecule has 1 N–H and O–H groups in total. The summed E-state index contributed by atoms with van der Waals surface area (Å²) in [6.07, 6.45) is 4.88. The number of nitrogens with one attached hydrogen (secondary N) is 1. The monoisotopic (exact) mass is 378 g/mol. The molecular weight excluding hydrogens is 352 g/mol. The van der Waals surface area contributed by atoms with Crippen LogP contribution in [-0.2, 0) is 4.74 Å². The third kappa shape index (κ3) is 3.78. The first-order valence-electron chi connectivity index (χ1n) is 9.97. The van der Waals surface area contributed by atoms with Crippen LogP contribution >= 0.6 is 0 Å². The number of hydrogen-bond acceptors (Lipinski definition) is 4. The average Bonchev–Trinajstić information content (AvgIpc) is 3.38. The fraction of sp³-hybridized carbons (Fsp3) is 0.409. The van der Waals surface area contributed by atoms with Crippen LogP contribution in [0.3, 0.4) is 0 Å². The Labute approximate surface area is 164 Å². The summed E-state index contributed by atoms with van der Waals surface area (Å²) >= 11 is 0. The molecule has 6 heteroatoms. The number of hydrogen-bond donors (Lipinski definition) is 1. The maximum absolute atomic E-state index is 13.0. The second-order valence-electron chi connectivity index (χ2n) is 7.36. The van der Waals surface area contributed by atoms with Crippen molar-refractivity contribution in [3.05, 3.63) is 47.9 Å². The molecule has 1 amide bonds. The lowest BCUT2D eigenvalue weighted by Crippen LogP contribution is -2.37. The topological polar surface area (TPSA) is 71.1 Å². The fourth-order valence-electron chi connectivity index (χ4n) is 3.81. The number of H-pyrrole nitrogens is 1. The third-order valence-corrected chi connectivity index (χ3v) is 5.27. The number of ether oxygens (including phenoxy) is 1. The Morgan fingerprint density at radius 3 is 2.86 bits per heavy atom. The first-order chi connectivity index (χ1) is 13.7. The van der Waals surface area contributed by atoms with Crippen LogP contribution < -0.4 is 0 Å². The summed E-state index contributed by atoms with van der Waals surface area (Å²) < 4.78 is 5.73. The molecule has 0 bridgehead atoms. The molecule has 0 radical (unpaired) electrons. The SMILES string of the molecule is CCCN(CC1CCCO1)C(=O)c1ccc(-c2cc3[nH]cnc3nc2C)cc1. The molecule has 1 saturated heterocycles. The van der Waals surface area contributed by atoms with Crippen molar-refractivity contribution < 1.29 is 9.53 Å². The maximum Gasteiger partial charge on any atom is 0.253 e. The van der Waals surface area contributed by atoms with E-state index in [0.717, 1.165) is 60.4 Å². The Morgan fingerprint density at radius 1 is 1.32 bits per heavy atom. The Hall–Kier alpha value is -2.73. The van der Waals surface area contributed by atoms with E-state index in [2.05, 4.69) is 27.9 Å². The average molecular weight is 378 g/mol. The number of benzene rings is 1. The van der Waals surface area contributed by atoms with E-state index in [0.29, 0.717) is 12.1 Å². The van der Waals surface area contributed by atoms with Crippen LogP contribution in [0.25, 0.3) is 22.3 Å². The summed E-state index contributed by atoms with van der Waals surface area (Å²) in [4.78, 5) is 26.8. The highest BCUT2D eigenvalue weighted by Crippen LogP contribution is 2.26. The van der Waals surface area contributed by atoms with E-state index in [-0.39, 0.29) is 12.0 Å². The van der Waals surface area contributed by atoms with Crippen LogP contribution in [0.1, 0.15) is 42.2 Å². The van der Waals surface area contributed by atoms with Gasteiger partial charge in [-0.3, -0.25) is 4.79 Å². The van der Waals surface area contributed by atoms with Crippen LogP contribution in [0.4, 0.5) is 0 Å². The molecule has 6 nitrogen and oxygen atoms in total. The van der Waals surface area contributed by atoms with Crippen LogP contribution in [-0.4, -0.2) is 51.6 Å². The molecule has 0 aliphatic carbocycles. The van der Waals surface area contributed by atoms with Crippen LogP contribution in [0, 0.1) is 6.92 Å². The van der Waals surface area contributed by atoms with Crippen molar-refractivity contribution in [2.75, 3.05) is 19.7 Å². The van der Waals surface area contributed by atoms with Crippen LogP contribution in [0.2, 0.25) is 0 Å². The van der Waals surface area contributed by atoms with Gasteiger partial charge in [0.15, 0.2) is 5.65 Å². The number of aryl methyl sites for hydroxylation is 1. The number of rotatable bonds is 6. The minimum atomic E-state index is 0.0720. The van der Waals surface area contributed by atoms with E-state index in [1.165, 1.54) is 0 Å². The van der Waals surface area contributed by atoms with E-state index in [1.54, 1.807) is 6.33 Å². The van der Waals surface area contributed by atoms with Crippen molar-refractivity contribution in [2.24, 2.45) is 0 Å². The first-order valence-corrected chi connectivity index (χ1v) is 9.97. The summed E-state index contributed by atoms with van der Waals surface area (Å²) in [6.45, 7) is 6.31. The predicted octanol–water partition coefficient (Wildman–Crippen LogP) is 3.96. The minimum absolute atomic E-state index is 0.0720. The van der Waals surface area contributed by atoms with Crippen molar-refractivity contribution in [1.29, 1.82) is 0 Å². The number of imidazole rings is 1. The number of carbonyl (C=O) groups excluding carboxylic acids is 1. The predicted molar refractivity (Wildman–Crippen MR) is 109 cm³/mol. The summed E-state index contributed by atoms with van der Waals surface area (Å²) in [6, 6.07) is 9.87. The van der Waals surface area contributed by atoms with E-state index in [1.807, 2.05) is 36.1 Å². The molecule has 1 unspecified atom stereocenters. The Balaban J connectivity index is 1.55. The molecular formula is C22H26N4O2. The van der Waals surface area contributed by atoms with Gasteiger partial charge in [-0.2, -0.15) is 0 Å². The summed E-state index contributed by atoms with van der Waals surface area (Å²) in [5.41, 5.74) is 5.34. The van der Waals surface area contributed by atoms with Gasteiger partial charge in [0, 0.05) is 36.5 Å². The van der Waals surface area contributed by atoms with Crippen molar-refractivity contribution >= 4 is 17.1 Å². The van der Waals surface area contributed by atoms with Gasteiger partial charge in [0.1, 0.15) is 0 Å². The summed E-state index contributed by atoms with van der Waals surface area (Å²) in [5, 5.41) is 0. The lowest BCUT2D eigenvalue weighted by molar-refractivity contribution is 0.0526. The van der Waals surface area contributed by atoms with Crippen LogP contribution in [0.15, 0.2) is 36.7 Å². The van der Waals surface area contributed by atoms with E-state index >= 15 is 0 Å². The molecule has 2 aromatic heterocycles. The minimum Gasteiger partial charge on any atom is -0.376 e. The normalized spacial score (nSPS) is 16.6. The van der Waals surface area contributed by atoms with Gasteiger partial charge >= 0.3 is 0 Å². The number of amides is 1. The van der Waals surface area contributed by atoms with Crippen molar-refractivity contribution in [1.82, 2.24) is 19.9 Å². The lowest BCUT2D eigenvalue weighted by Gasteiger charge is -2.25. The molecule has 1 atom stereocenters. The van der Waals surface area contributed by atoms with Gasteiger partial charge in [-0.25, -0.2) is 9.97 Å². The van der Waals surface area contributed by atoms with Crippen molar-refractivity contribution in [2.45, 2.75) is 39.2 Å². The number of fused-ring (bicyclic) bond motifs is 1. The summed E-state index contributed by atoms with van der Waals surface area (Å²) in [7, 11) is 0. The number of aromatic amines is 1. The standard InChI is InChI=1S/C22H26N4O2/c1-3-10-26(13-18-5-4-11-28-18)22(27)17-8-6-16(7-9-17)19-12-20-21(24-14-23-20)25-15(19)2/h6-9,12,14,18H,3-5,10-11,13H2,1-2H3,(H,23,24,25). The van der Waals surface area contributed by atoms with Gasteiger partial charge in [0.25, 0.3) is 5.91 Å². The number of nitrogens with zero attached hydrogens (tertiary/aromatic N) is 3. The van der Waals surface area contributed by atoms with Gasteiger partial charge in [-0.15, -0.1) is 0 Å². The second kappa shape index (κ2) is 8.10. The largest absolute Gasteiger partial charge is 0.376 e. The molecule has 146 valence electrons. The molecule has 1 aliphatic heterocycles. The van der Waals surface area contributed by atoms with Crippen molar-refractivity contribution in [3.63, 3.8) is 0 Å². The Kier molecular flexibility index (Phi) is 5.39. The molecule has 3 heterocycles. The quantitative estimate of drug-likeness (QED) is 0.705. The zero-order chi connectivity index (χ0) is 19.5. The lowest BCUT2D eigenvalue weighted by atomic mass is 10.0. The molecule has 1 aliphatic rings. The smallest absolute Gasteiger partial charge is 0.253 e. The Bertz CT molecular complexity index is 958. The van der Waals surface area contributed by atoms with Gasteiger partial charge in [-0.05, 0) is 49.9 Å². The van der Waals surface area contributed by atoms with Gasteiger partial charge in [0.05, 0.1) is 17.9 Å². The van der Waals surface area contributed by atoms with Crippen molar-refractivity contribution in [3.8, 4) is 11.1 Å². The maximum atomic E-state index is 13.0. The molecule has 1 fully saturated rings. The first kappa shape index (κ1) is 18.6. The number of pyridine rings is 1.